The molecule has 0 saturated carbocycles. The van der Waals surface area contributed by atoms with Crippen LogP contribution in [-0.2, 0) is 6.42 Å². The summed E-state index contributed by atoms with van der Waals surface area (Å²) in [7, 11) is 0. The molecule has 0 heterocycles. The van der Waals surface area contributed by atoms with E-state index in [9.17, 15) is 0 Å². The Morgan fingerprint density at radius 2 is 1.90 bits per heavy atom. The Bertz CT molecular complexity index is 187. The van der Waals surface area contributed by atoms with Crippen LogP contribution in [-0.4, -0.2) is 23.1 Å². The van der Waals surface area contributed by atoms with E-state index in [0.717, 1.165) is 6.42 Å². The third kappa shape index (κ3) is 3.04. The summed E-state index contributed by atoms with van der Waals surface area (Å²) < 4.78 is 0. The SMILES string of the molecule is C=CCc1ccccc1.[H-].[H-].[Mg+2]. The molecule has 50 valence electrons. The fraction of sp³-hybridized carbons (Fsp3) is 0.111. The van der Waals surface area contributed by atoms with Crippen LogP contribution in [0.2, 0.25) is 0 Å². The Kier molecular flexibility index (Phi) is 5.36. The molecule has 0 atom stereocenters. The van der Waals surface area contributed by atoms with Crippen LogP contribution in [0.1, 0.15) is 8.42 Å². The molecule has 1 rings (SSSR count). The molecule has 1 heteroatoms. The van der Waals surface area contributed by atoms with Crippen molar-refractivity contribution in [1.82, 2.24) is 0 Å². The van der Waals surface area contributed by atoms with E-state index in [0.29, 0.717) is 0 Å². The number of rotatable bonds is 2. The molecule has 1 aromatic carbocycles. The van der Waals surface area contributed by atoms with Gasteiger partial charge in [-0.1, -0.05) is 36.4 Å². The van der Waals surface area contributed by atoms with Crippen molar-refractivity contribution in [3.63, 3.8) is 0 Å². The van der Waals surface area contributed by atoms with Gasteiger partial charge in [-0.3, -0.25) is 0 Å². The predicted molar refractivity (Wildman–Crippen MR) is 48.3 cm³/mol. The fourth-order valence-corrected chi connectivity index (χ4v) is 0.781. The van der Waals surface area contributed by atoms with Gasteiger partial charge >= 0.3 is 23.1 Å². The molecule has 0 saturated heterocycles. The molecule has 10 heavy (non-hydrogen) atoms. The maximum absolute atomic E-state index is 3.66. The summed E-state index contributed by atoms with van der Waals surface area (Å²) in [5.74, 6) is 0. The maximum atomic E-state index is 3.66. The third-order valence-corrected chi connectivity index (χ3v) is 1.22. The minimum Gasteiger partial charge on any atom is -1.00 e. The summed E-state index contributed by atoms with van der Waals surface area (Å²) in [6.45, 7) is 3.66. The topological polar surface area (TPSA) is 0 Å². The number of allylic oxidation sites excluding steroid dienone is 1. The first kappa shape index (κ1) is 9.73. The van der Waals surface area contributed by atoms with Crippen LogP contribution in [0.5, 0.6) is 0 Å². The first-order chi connectivity index (χ1) is 4.43. The third-order valence-electron chi connectivity index (χ3n) is 1.22. The monoisotopic (exact) mass is 144 g/mol. The molecule has 0 fully saturated rings. The number of hydrogen-bond donors (Lipinski definition) is 0. The van der Waals surface area contributed by atoms with Gasteiger partial charge in [-0.2, -0.15) is 0 Å². The van der Waals surface area contributed by atoms with Gasteiger partial charge in [0.1, 0.15) is 0 Å². The van der Waals surface area contributed by atoms with Crippen LogP contribution in [0.15, 0.2) is 43.0 Å². The zero-order valence-corrected chi connectivity index (χ0v) is 7.50. The predicted octanol–water partition coefficient (Wildman–Crippen LogP) is 2.26. The molecule has 0 unspecified atom stereocenters. The molecular weight excluding hydrogens is 132 g/mol. The molecule has 0 aromatic heterocycles. The van der Waals surface area contributed by atoms with E-state index in [-0.39, 0.29) is 25.9 Å². The minimum absolute atomic E-state index is 0. The van der Waals surface area contributed by atoms with Crippen molar-refractivity contribution in [3.8, 4) is 0 Å². The van der Waals surface area contributed by atoms with Crippen molar-refractivity contribution in [2.75, 3.05) is 0 Å². The van der Waals surface area contributed by atoms with Gasteiger partial charge in [0.15, 0.2) is 0 Å². The normalized spacial score (nSPS) is 8.00. The summed E-state index contributed by atoms with van der Waals surface area (Å²) in [5, 5.41) is 0. The van der Waals surface area contributed by atoms with E-state index in [2.05, 4.69) is 18.7 Å². The van der Waals surface area contributed by atoms with Crippen LogP contribution >= 0.6 is 0 Å². The second kappa shape index (κ2) is 5.51. The summed E-state index contributed by atoms with van der Waals surface area (Å²) in [6.07, 6.45) is 2.89. The van der Waals surface area contributed by atoms with E-state index in [1.165, 1.54) is 5.56 Å². The molecule has 1 aromatic rings. The van der Waals surface area contributed by atoms with Gasteiger partial charge in [0.2, 0.25) is 0 Å². The van der Waals surface area contributed by atoms with Crippen LogP contribution in [0.25, 0.3) is 0 Å². The zero-order valence-electron chi connectivity index (χ0n) is 8.09. The van der Waals surface area contributed by atoms with Crippen molar-refractivity contribution in [2.45, 2.75) is 6.42 Å². The van der Waals surface area contributed by atoms with Crippen molar-refractivity contribution < 1.29 is 2.85 Å². The number of hydrogen-bond acceptors (Lipinski definition) is 0. The average molecular weight is 144 g/mol. The molecule has 0 aliphatic carbocycles. The standard InChI is InChI=1S/C9H10.Mg.2H/c1-2-6-9-7-4-3-5-8-9;;;/h2-5,7-8H,1,6H2;;;/q;+2;2*-1. The minimum atomic E-state index is 0. The quantitative estimate of drug-likeness (QED) is 0.441. The van der Waals surface area contributed by atoms with E-state index in [1.54, 1.807) is 0 Å². The van der Waals surface area contributed by atoms with E-state index in [4.69, 9.17) is 0 Å². The summed E-state index contributed by atoms with van der Waals surface area (Å²) >= 11 is 0. The van der Waals surface area contributed by atoms with E-state index in [1.807, 2.05) is 24.3 Å². The summed E-state index contributed by atoms with van der Waals surface area (Å²) in [6, 6.07) is 10.3. The second-order valence-corrected chi connectivity index (χ2v) is 1.98. The van der Waals surface area contributed by atoms with Crippen molar-refractivity contribution >= 4 is 23.1 Å². The molecule has 0 spiro atoms. The Balaban J connectivity index is -0.000000270. The van der Waals surface area contributed by atoms with Gasteiger partial charge in [0, 0.05) is 0 Å². The van der Waals surface area contributed by atoms with Crippen molar-refractivity contribution in [2.24, 2.45) is 0 Å². The second-order valence-electron chi connectivity index (χ2n) is 1.98. The summed E-state index contributed by atoms with van der Waals surface area (Å²) in [5.41, 5.74) is 1.33. The van der Waals surface area contributed by atoms with Crippen molar-refractivity contribution in [3.05, 3.63) is 48.6 Å². The molecule has 0 nitrogen and oxygen atoms in total. The van der Waals surface area contributed by atoms with Crippen LogP contribution in [0, 0.1) is 0 Å². The average Bonchev–Trinajstić information content (AvgIpc) is 1.91. The molecule has 0 aliphatic heterocycles. The first-order valence-corrected chi connectivity index (χ1v) is 3.08. The van der Waals surface area contributed by atoms with Gasteiger partial charge in [0.25, 0.3) is 0 Å². The van der Waals surface area contributed by atoms with Crippen LogP contribution in [0.3, 0.4) is 0 Å². The molecular formula is C9H12Mg. The summed E-state index contributed by atoms with van der Waals surface area (Å²) in [4.78, 5) is 0. The van der Waals surface area contributed by atoms with Crippen LogP contribution < -0.4 is 0 Å². The smallest absolute Gasteiger partial charge is 1.00 e. The van der Waals surface area contributed by atoms with Crippen molar-refractivity contribution in [1.29, 1.82) is 0 Å². The number of benzene rings is 1. The zero-order chi connectivity index (χ0) is 6.53. The fourth-order valence-electron chi connectivity index (χ4n) is 0.781. The first-order valence-electron chi connectivity index (χ1n) is 3.08. The van der Waals surface area contributed by atoms with Gasteiger partial charge in [-0.25, -0.2) is 0 Å². The van der Waals surface area contributed by atoms with Crippen LogP contribution in [0.4, 0.5) is 0 Å². The molecule has 0 N–H and O–H groups in total. The van der Waals surface area contributed by atoms with Gasteiger partial charge in [-0.05, 0) is 12.0 Å². The van der Waals surface area contributed by atoms with E-state index >= 15 is 0 Å². The molecule has 0 aliphatic rings. The Morgan fingerprint density at radius 3 is 2.40 bits per heavy atom. The molecule has 0 bridgehead atoms. The largest absolute Gasteiger partial charge is 2.00 e. The Hall–Kier alpha value is -0.274. The maximum Gasteiger partial charge on any atom is 2.00 e. The van der Waals surface area contributed by atoms with E-state index < -0.39 is 0 Å². The molecule has 0 amide bonds. The Labute approximate surface area is 81.1 Å². The van der Waals surface area contributed by atoms with Gasteiger partial charge < -0.3 is 2.85 Å². The van der Waals surface area contributed by atoms with Gasteiger partial charge in [0.05, 0.1) is 0 Å². The molecule has 0 radical (unpaired) electrons. The Morgan fingerprint density at radius 1 is 1.30 bits per heavy atom. The van der Waals surface area contributed by atoms with Gasteiger partial charge in [-0.15, -0.1) is 6.58 Å².